The number of halogens is 1. The summed E-state index contributed by atoms with van der Waals surface area (Å²) in [5.41, 5.74) is 2.49. The molecule has 152 valence electrons. The van der Waals surface area contributed by atoms with Crippen LogP contribution < -0.4 is 10.6 Å². The zero-order chi connectivity index (χ0) is 20.8. The molecule has 2 N–H and O–H groups in total. The van der Waals surface area contributed by atoms with Crippen LogP contribution in [0, 0.1) is 5.41 Å². The normalized spacial score (nSPS) is 21.1. The Balaban J connectivity index is 1.66. The van der Waals surface area contributed by atoms with Gasteiger partial charge in [-0.1, -0.05) is 37.6 Å². The van der Waals surface area contributed by atoms with Crippen molar-refractivity contribution < 1.29 is 14.4 Å². The fraction of sp³-hybridized carbons (Fsp3) is 0.400. The summed E-state index contributed by atoms with van der Waals surface area (Å²) < 4.78 is 1.84. The number of amides is 4. The van der Waals surface area contributed by atoms with Gasteiger partial charge in [0.25, 0.3) is 0 Å². The van der Waals surface area contributed by atoms with Crippen LogP contribution in [0.2, 0.25) is 5.02 Å². The molecule has 29 heavy (non-hydrogen) atoms. The summed E-state index contributed by atoms with van der Waals surface area (Å²) in [6.07, 6.45) is 2.40. The minimum atomic E-state index is -0.854. The predicted octanol–water partition coefficient (Wildman–Crippen LogP) is 2.03. The third-order valence-electron chi connectivity index (χ3n) is 5.22. The Morgan fingerprint density at radius 1 is 1.28 bits per heavy atom. The van der Waals surface area contributed by atoms with E-state index < -0.39 is 18.0 Å². The molecule has 0 saturated carbocycles. The van der Waals surface area contributed by atoms with Gasteiger partial charge in [0.1, 0.15) is 6.04 Å². The van der Waals surface area contributed by atoms with Crippen LogP contribution in [-0.2, 0) is 22.6 Å². The van der Waals surface area contributed by atoms with Crippen LogP contribution in [0.1, 0.15) is 31.5 Å². The number of para-hydroxylation sites is 1. The van der Waals surface area contributed by atoms with Crippen molar-refractivity contribution in [3.8, 4) is 5.69 Å². The summed E-state index contributed by atoms with van der Waals surface area (Å²) in [5, 5.41) is 9.83. The summed E-state index contributed by atoms with van der Waals surface area (Å²) in [5.74, 6) is -0.715. The van der Waals surface area contributed by atoms with Crippen LogP contribution in [0.25, 0.3) is 5.69 Å². The van der Waals surface area contributed by atoms with Crippen LogP contribution in [-0.4, -0.2) is 45.1 Å². The molecule has 2 aliphatic rings. The highest BCUT2D eigenvalue weighted by atomic mass is 35.5. The van der Waals surface area contributed by atoms with Crippen molar-refractivity contribution in [2.45, 2.75) is 39.3 Å². The van der Waals surface area contributed by atoms with Crippen molar-refractivity contribution >= 4 is 29.4 Å². The summed E-state index contributed by atoms with van der Waals surface area (Å²) in [7, 11) is 0. The van der Waals surface area contributed by atoms with Gasteiger partial charge in [0.15, 0.2) is 0 Å². The molecule has 0 bridgehead atoms. The molecular weight excluding hydrogens is 394 g/mol. The SMILES string of the molecule is CC1(C)Cc2c(cnn2-c2ccccc2Cl)CN(C(=O)[C@@H]2CC(=O)NC(=O)N2)C1. The average molecular weight is 416 g/mol. The zero-order valence-electron chi connectivity index (χ0n) is 16.2. The number of fused-ring (bicyclic) bond motifs is 1. The molecule has 9 heteroatoms. The van der Waals surface area contributed by atoms with Crippen molar-refractivity contribution in [3.05, 3.63) is 46.7 Å². The number of nitrogens with zero attached hydrogens (tertiary/aromatic N) is 3. The van der Waals surface area contributed by atoms with E-state index in [-0.39, 0.29) is 17.7 Å². The number of carbonyl (C=O) groups is 3. The Kier molecular flexibility index (Phi) is 4.82. The summed E-state index contributed by atoms with van der Waals surface area (Å²) in [6.45, 7) is 5.02. The van der Waals surface area contributed by atoms with Gasteiger partial charge in [-0.2, -0.15) is 5.10 Å². The van der Waals surface area contributed by atoms with Gasteiger partial charge in [-0.05, 0) is 24.0 Å². The van der Waals surface area contributed by atoms with Crippen molar-refractivity contribution in [3.63, 3.8) is 0 Å². The Bertz CT molecular complexity index is 984. The maximum absolute atomic E-state index is 13.1. The lowest BCUT2D eigenvalue weighted by atomic mass is 9.87. The molecule has 0 spiro atoms. The lowest BCUT2D eigenvalue weighted by molar-refractivity contribution is -0.138. The van der Waals surface area contributed by atoms with Crippen LogP contribution in [0.15, 0.2) is 30.5 Å². The molecule has 4 rings (SSSR count). The van der Waals surface area contributed by atoms with Crippen molar-refractivity contribution in [1.82, 2.24) is 25.3 Å². The van der Waals surface area contributed by atoms with E-state index in [1.54, 1.807) is 11.1 Å². The zero-order valence-corrected chi connectivity index (χ0v) is 17.0. The minimum Gasteiger partial charge on any atom is -0.336 e. The van der Waals surface area contributed by atoms with Crippen molar-refractivity contribution in [1.29, 1.82) is 0 Å². The van der Waals surface area contributed by atoms with Gasteiger partial charge < -0.3 is 10.2 Å². The lowest BCUT2D eigenvalue weighted by Gasteiger charge is -2.33. The van der Waals surface area contributed by atoms with Crippen LogP contribution in [0.4, 0.5) is 4.79 Å². The number of benzene rings is 1. The smallest absolute Gasteiger partial charge is 0.322 e. The molecular formula is C20H22ClN5O3. The minimum absolute atomic E-state index is 0.0623. The van der Waals surface area contributed by atoms with Gasteiger partial charge in [0.05, 0.1) is 23.3 Å². The standard InChI is InChI=1S/C20H22ClN5O3/c1-20(2)8-16-12(9-22-26(16)15-6-4-3-5-13(15)21)10-25(11-20)18(28)14-7-17(27)24-19(29)23-14/h3-6,9,14H,7-8,10-11H2,1-2H3,(H2,23,24,27,29)/t14-/m0/s1. The average Bonchev–Trinajstić information content (AvgIpc) is 2.95. The fourth-order valence-electron chi connectivity index (χ4n) is 3.98. The predicted molar refractivity (Wildman–Crippen MR) is 107 cm³/mol. The number of rotatable bonds is 2. The highest BCUT2D eigenvalue weighted by Crippen LogP contribution is 2.33. The van der Waals surface area contributed by atoms with E-state index in [2.05, 4.69) is 29.6 Å². The summed E-state index contributed by atoms with van der Waals surface area (Å²) in [6, 6.07) is 6.01. The van der Waals surface area contributed by atoms with Gasteiger partial charge in [0, 0.05) is 24.3 Å². The quantitative estimate of drug-likeness (QED) is 0.784. The Labute approximate surface area is 173 Å². The third kappa shape index (κ3) is 3.85. The Morgan fingerprint density at radius 2 is 2.03 bits per heavy atom. The second-order valence-corrected chi connectivity index (χ2v) is 8.70. The highest BCUT2D eigenvalue weighted by molar-refractivity contribution is 6.32. The van der Waals surface area contributed by atoms with E-state index in [0.717, 1.165) is 16.9 Å². The number of aromatic nitrogens is 2. The van der Waals surface area contributed by atoms with Crippen molar-refractivity contribution in [2.75, 3.05) is 6.54 Å². The largest absolute Gasteiger partial charge is 0.336 e. The van der Waals surface area contributed by atoms with E-state index in [0.29, 0.717) is 24.5 Å². The maximum Gasteiger partial charge on any atom is 0.322 e. The van der Waals surface area contributed by atoms with E-state index >= 15 is 0 Å². The third-order valence-corrected chi connectivity index (χ3v) is 5.54. The molecule has 1 aromatic carbocycles. The monoisotopic (exact) mass is 415 g/mol. The first kappa shape index (κ1) is 19.4. The molecule has 4 amide bonds. The number of hydrogen-bond acceptors (Lipinski definition) is 4. The highest BCUT2D eigenvalue weighted by Gasteiger charge is 2.37. The number of urea groups is 1. The molecule has 1 aromatic heterocycles. The fourth-order valence-corrected chi connectivity index (χ4v) is 4.20. The molecule has 2 aromatic rings. The van der Waals surface area contributed by atoms with Crippen molar-refractivity contribution in [2.24, 2.45) is 5.41 Å². The summed E-state index contributed by atoms with van der Waals surface area (Å²) >= 11 is 6.37. The van der Waals surface area contributed by atoms with E-state index in [9.17, 15) is 14.4 Å². The van der Waals surface area contributed by atoms with E-state index in [1.807, 2.05) is 28.9 Å². The van der Waals surface area contributed by atoms with E-state index in [1.165, 1.54) is 0 Å². The first-order chi connectivity index (χ1) is 13.7. The second-order valence-electron chi connectivity index (χ2n) is 8.29. The van der Waals surface area contributed by atoms with Crippen LogP contribution >= 0.6 is 11.6 Å². The Morgan fingerprint density at radius 3 is 2.76 bits per heavy atom. The lowest BCUT2D eigenvalue weighted by Crippen LogP contribution is -2.58. The molecule has 0 radical (unpaired) electrons. The van der Waals surface area contributed by atoms with Crippen LogP contribution in [0.3, 0.4) is 0 Å². The molecule has 8 nitrogen and oxygen atoms in total. The Hall–Kier alpha value is -2.87. The first-order valence-electron chi connectivity index (χ1n) is 9.43. The van der Waals surface area contributed by atoms with Crippen LogP contribution in [0.5, 0.6) is 0 Å². The van der Waals surface area contributed by atoms with Gasteiger partial charge >= 0.3 is 6.03 Å². The van der Waals surface area contributed by atoms with Gasteiger partial charge in [-0.3, -0.25) is 14.9 Å². The molecule has 1 atom stereocenters. The number of carbonyl (C=O) groups excluding carboxylic acids is 3. The number of imide groups is 1. The molecule has 0 unspecified atom stereocenters. The topological polar surface area (TPSA) is 96.3 Å². The molecule has 3 heterocycles. The van der Waals surface area contributed by atoms with E-state index in [4.69, 9.17) is 11.6 Å². The maximum atomic E-state index is 13.1. The molecule has 1 fully saturated rings. The van der Waals surface area contributed by atoms with Gasteiger partial charge in [0.2, 0.25) is 11.8 Å². The first-order valence-corrected chi connectivity index (χ1v) is 9.81. The number of hydrogen-bond donors (Lipinski definition) is 2. The second kappa shape index (κ2) is 7.18. The number of nitrogens with one attached hydrogen (secondary N) is 2. The summed E-state index contributed by atoms with van der Waals surface area (Å²) in [4.78, 5) is 38.1. The van der Waals surface area contributed by atoms with Gasteiger partial charge in [-0.15, -0.1) is 0 Å². The molecule has 1 saturated heterocycles. The molecule has 0 aliphatic carbocycles. The van der Waals surface area contributed by atoms with Gasteiger partial charge in [-0.25, -0.2) is 9.48 Å². The molecule has 2 aliphatic heterocycles.